The molecule has 0 spiro atoms. The maximum atomic E-state index is 13.0. The van der Waals surface area contributed by atoms with E-state index in [4.69, 9.17) is 0 Å². The average molecular weight is 310 g/mol. The van der Waals surface area contributed by atoms with Crippen molar-refractivity contribution in [3.63, 3.8) is 0 Å². The van der Waals surface area contributed by atoms with E-state index in [1.54, 1.807) is 6.07 Å². The molecule has 0 bridgehead atoms. The van der Waals surface area contributed by atoms with Crippen molar-refractivity contribution in [3.05, 3.63) is 54.3 Å². The summed E-state index contributed by atoms with van der Waals surface area (Å²) in [6, 6.07) is 11.3. The number of ether oxygens (including phenoxy) is 1. The number of carbonyl (C=O) groups is 1. The van der Waals surface area contributed by atoms with Crippen LogP contribution in [0.5, 0.6) is 5.75 Å². The Balaban J connectivity index is 1.84. The molecule has 2 aromatic carbocycles. The molecule has 0 aliphatic rings. The van der Waals surface area contributed by atoms with Crippen LogP contribution in [-0.4, -0.2) is 19.1 Å². The first-order valence-electron chi connectivity index (χ1n) is 6.37. The van der Waals surface area contributed by atoms with Crippen LogP contribution in [0.15, 0.2) is 48.5 Å². The first-order chi connectivity index (χ1) is 10.5. The van der Waals surface area contributed by atoms with Gasteiger partial charge in [0.1, 0.15) is 11.6 Å². The second-order valence-corrected chi connectivity index (χ2v) is 4.31. The Labute approximate surface area is 124 Å². The average Bonchev–Trinajstić information content (AvgIpc) is 2.47. The van der Waals surface area contributed by atoms with Gasteiger partial charge in [-0.1, -0.05) is 6.07 Å². The maximum Gasteiger partial charge on any atom is 0.387 e. The van der Waals surface area contributed by atoms with E-state index in [0.717, 1.165) is 0 Å². The Bertz CT molecular complexity index is 633. The number of benzene rings is 2. The number of alkyl halides is 2. The lowest BCUT2D eigenvalue weighted by Crippen LogP contribution is -2.21. The molecule has 0 radical (unpaired) electrons. The second kappa shape index (κ2) is 7.35. The van der Waals surface area contributed by atoms with Gasteiger partial charge in [-0.2, -0.15) is 8.78 Å². The molecular weight excluding hydrogens is 297 g/mol. The smallest absolute Gasteiger partial charge is 0.387 e. The van der Waals surface area contributed by atoms with E-state index in [1.165, 1.54) is 42.5 Å². The molecule has 0 aliphatic carbocycles. The predicted octanol–water partition coefficient (Wildman–Crippen LogP) is 3.48. The molecule has 0 aliphatic heterocycles. The zero-order chi connectivity index (χ0) is 15.9. The molecule has 2 N–H and O–H groups in total. The van der Waals surface area contributed by atoms with Crippen molar-refractivity contribution in [1.82, 2.24) is 0 Å². The standard InChI is InChI=1S/C15H13F3N2O2/c16-10-2-1-3-12(8-10)19-9-14(21)20-11-4-6-13(7-5-11)22-15(17)18/h1-8,15,19H,9H2,(H,20,21). The summed E-state index contributed by atoms with van der Waals surface area (Å²) in [4.78, 5) is 11.7. The molecule has 1 amide bonds. The summed E-state index contributed by atoms with van der Waals surface area (Å²) < 4.78 is 41.1. The van der Waals surface area contributed by atoms with Crippen LogP contribution in [0, 0.1) is 5.82 Å². The van der Waals surface area contributed by atoms with E-state index in [0.29, 0.717) is 11.4 Å². The largest absolute Gasteiger partial charge is 0.435 e. The summed E-state index contributed by atoms with van der Waals surface area (Å²) in [7, 11) is 0. The lowest BCUT2D eigenvalue weighted by atomic mass is 10.3. The number of nitrogens with one attached hydrogen (secondary N) is 2. The van der Waals surface area contributed by atoms with E-state index in [1.807, 2.05) is 0 Å². The van der Waals surface area contributed by atoms with Gasteiger partial charge in [0.15, 0.2) is 0 Å². The van der Waals surface area contributed by atoms with E-state index in [-0.39, 0.29) is 18.2 Å². The van der Waals surface area contributed by atoms with Gasteiger partial charge >= 0.3 is 6.61 Å². The van der Waals surface area contributed by atoms with Crippen molar-refractivity contribution < 1.29 is 22.7 Å². The van der Waals surface area contributed by atoms with Gasteiger partial charge in [-0.3, -0.25) is 4.79 Å². The minimum absolute atomic E-state index is 0.00545. The van der Waals surface area contributed by atoms with Gasteiger partial charge in [-0.25, -0.2) is 4.39 Å². The fourth-order valence-corrected chi connectivity index (χ4v) is 1.71. The van der Waals surface area contributed by atoms with E-state index >= 15 is 0 Å². The van der Waals surface area contributed by atoms with Crippen LogP contribution in [0.2, 0.25) is 0 Å². The van der Waals surface area contributed by atoms with Crippen LogP contribution in [-0.2, 0) is 4.79 Å². The number of hydrogen-bond donors (Lipinski definition) is 2. The van der Waals surface area contributed by atoms with Gasteiger partial charge < -0.3 is 15.4 Å². The van der Waals surface area contributed by atoms with Crippen LogP contribution in [0.3, 0.4) is 0 Å². The Hall–Kier alpha value is -2.70. The molecule has 0 aromatic heterocycles. The van der Waals surface area contributed by atoms with Gasteiger partial charge in [0.25, 0.3) is 0 Å². The van der Waals surface area contributed by atoms with Crippen molar-refractivity contribution in [2.45, 2.75) is 6.61 Å². The third-order valence-corrected chi connectivity index (χ3v) is 2.64. The molecule has 2 rings (SSSR count). The van der Waals surface area contributed by atoms with Crippen molar-refractivity contribution in [1.29, 1.82) is 0 Å². The number of hydrogen-bond acceptors (Lipinski definition) is 3. The van der Waals surface area contributed by atoms with Crippen LogP contribution in [0.25, 0.3) is 0 Å². The Morgan fingerprint density at radius 2 is 1.82 bits per heavy atom. The monoisotopic (exact) mass is 310 g/mol. The molecule has 0 unspecified atom stereocenters. The van der Waals surface area contributed by atoms with E-state index in [2.05, 4.69) is 15.4 Å². The number of amides is 1. The quantitative estimate of drug-likeness (QED) is 0.859. The molecular formula is C15H13F3N2O2. The van der Waals surface area contributed by atoms with Gasteiger partial charge in [0.05, 0.1) is 6.54 Å². The fraction of sp³-hybridized carbons (Fsp3) is 0.133. The number of carbonyl (C=O) groups excluding carboxylic acids is 1. The highest BCUT2D eigenvalue weighted by Crippen LogP contribution is 2.17. The zero-order valence-corrected chi connectivity index (χ0v) is 11.4. The van der Waals surface area contributed by atoms with Crippen LogP contribution < -0.4 is 15.4 Å². The van der Waals surface area contributed by atoms with Gasteiger partial charge in [0.2, 0.25) is 5.91 Å². The molecule has 7 heteroatoms. The summed E-state index contributed by atoms with van der Waals surface area (Å²) in [5.74, 6) is -0.752. The van der Waals surface area contributed by atoms with Crippen molar-refractivity contribution in [3.8, 4) is 5.75 Å². The maximum absolute atomic E-state index is 13.0. The first-order valence-corrected chi connectivity index (χ1v) is 6.37. The van der Waals surface area contributed by atoms with Crippen molar-refractivity contribution in [2.24, 2.45) is 0 Å². The number of halogens is 3. The van der Waals surface area contributed by atoms with Gasteiger partial charge in [-0.05, 0) is 42.5 Å². The van der Waals surface area contributed by atoms with Gasteiger partial charge in [0, 0.05) is 11.4 Å². The number of rotatable bonds is 6. The minimum Gasteiger partial charge on any atom is -0.435 e. The molecule has 4 nitrogen and oxygen atoms in total. The summed E-state index contributed by atoms with van der Waals surface area (Å²) in [5.41, 5.74) is 0.920. The summed E-state index contributed by atoms with van der Waals surface area (Å²) >= 11 is 0. The molecule has 0 atom stereocenters. The Kier molecular flexibility index (Phi) is 5.24. The Morgan fingerprint density at radius 1 is 1.09 bits per heavy atom. The van der Waals surface area contributed by atoms with E-state index < -0.39 is 12.4 Å². The number of anilines is 2. The van der Waals surface area contributed by atoms with Gasteiger partial charge in [-0.15, -0.1) is 0 Å². The van der Waals surface area contributed by atoms with Crippen molar-refractivity contribution >= 4 is 17.3 Å². The minimum atomic E-state index is -2.89. The highest BCUT2D eigenvalue weighted by molar-refractivity contribution is 5.93. The molecule has 0 saturated heterocycles. The molecule has 116 valence electrons. The summed E-state index contributed by atoms with van der Waals surface area (Å²) in [6.45, 7) is -2.95. The highest BCUT2D eigenvalue weighted by Gasteiger charge is 2.06. The summed E-state index contributed by atoms with van der Waals surface area (Å²) in [5, 5.41) is 5.34. The lowest BCUT2D eigenvalue weighted by molar-refractivity contribution is -0.114. The third kappa shape index (κ3) is 5.01. The van der Waals surface area contributed by atoms with Crippen LogP contribution >= 0.6 is 0 Å². The normalized spacial score (nSPS) is 10.4. The summed E-state index contributed by atoms with van der Waals surface area (Å²) in [6.07, 6.45) is 0. The molecule has 2 aromatic rings. The topological polar surface area (TPSA) is 50.4 Å². The molecule has 22 heavy (non-hydrogen) atoms. The Morgan fingerprint density at radius 3 is 2.45 bits per heavy atom. The van der Waals surface area contributed by atoms with Crippen molar-refractivity contribution in [2.75, 3.05) is 17.2 Å². The first kappa shape index (κ1) is 15.7. The fourth-order valence-electron chi connectivity index (χ4n) is 1.71. The predicted molar refractivity (Wildman–Crippen MR) is 76.6 cm³/mol. The van der Waals surface area contributed by atoms with E-state index in [9.17, 15) is 18.0 Å². The second-order valence-electron chi connectivity index (χ2n) is 4.31. The van der Waals surface area contributed by atoms with Crippen LogP contribution in [0.1, 0.15) is 0 Å². The molecule has 0 saturated carbocycles. The third-order valence-electron chi connectivity index (χ3n) is 2.64. The molecule has 0 fully saturated rings. The molecule has 0 heterocycles. The van der Waals surface area contributed by atoms with Crippen LogP contribution in [0.4, 0.5) is 24.5 Å². The zero-order valence-electron chi connectivity index (χ0n) is 11.4. The highest BCUT2D eigenvalue weighted by atomic mass is 19.3. The SMILES string of the molecule is O=C(CNc1cccc(F)c1)Nc1ccc(OC(F)F)cc1. The lowest BCUT2D eigenvalue weighted by Gasteiger charge is -2.09.